The minimum Gasteiger partial charge on any atom is -0.369 e. The van der Waals surface area contributed by atoms with Crippen LogP contribution >= 0.6 is 0 Å². The number of hydrogen-bond donors (Lipinski definition) is 2. The van der Waals surface area contributed by atoms with Crippen molar-refractivity contribution in [2.24, 2.45) is 0 Å². The van der Waals surface area contributed by atoms with E-state index in [4.69, 9.17) is 5.41 Å². The van der Waals surface area contributed by atoms with Crippen LogP contribution in [0.25, 0.3) is 0 Å². The van der Waals surface area contributed by atoms with Crippen LogP contribution in [0.1, 0.15) is 31.2 Å². The second kappa shape index (κ2) is 9.80. The summed E-state index contributed by atoms with van der Waals surface area (Å²) in [7, 11) is 2.00. The first kappa shape index (κ1) is 21.9. The smallest absolute Gasteiger partial charge is 0.369 e. The predicted molar refractivity (Wildman–Crippen MR) is 111 cm³/mol. The molecule has 162 valence electrons. The van der Waals surface area contributed by atoms with Gasteiger partial charge in [0.15, 0.2) is 0 Å². The molecule has 0 aliphatic carbocycles. The van der Waals surface area contributed by atoms with Crippen LogP contribution in [0.5, 0.6) is 0 Å². The van der Waals surface area contributed by atoms with Gasteiger partial charge in [0.1, 0.15) is 0 Å². The van der Waals surface area contributed by atoms with Crippen molar-refractivity contribution in [2.45, 2.75) is 37.9 Å². The molecule has 29 heavy (non-hydrogen) atoms. The first-order valence-corrected chi connectivity index (χ1v) is 10.5. The van der Waals surface area contributed by atoms with E-state index < -0.39 is 11.7 Å². The minimum absolute atomic E-state index is 0.583. The molecule has 0 aromatic heterocycles. The zero-order valence-electron chi connectivity index (χ0n) is 17.1. The van der Waals surface area contributed by atoms with Gasteiger partial charge in [-0.25, -0.2) is 0 Å². The number of piperazine rings is 1. The van der Waals surface area contributed by atoms with Crippen molar-refractivity contribution in [1.29, 1.82) is 5.41 Å². The maximum absolute atomic E-state index is 12.7. The van der Waals surface area contributed by atoms with Gasteiger partial charge in [0.05, 0.1) is 11.4 Å². The fourth-order valence-corrected chi connectivity index (χ4v) is 4.16. The molecular formula is C21H32F3N5. The number of halogens is 3. The molecule has 2 fully saturated rings. The third-order valence-corrected chi connectivity index (χ3v) is 6.10. The molecule has 1 aromatic carbocycles. The first-order chi connectivity index (χ1) is 13.9. The summed E-state index contributed by atoms with van der Waals surface area (Å²) < 4.78 is 38.1. The SMILES string of the molecule is CNC1CCN(C(=N)CCCN2CCN(c3ccc(C(F)(F)F)cc3)CC2)CC1. The summed E-state index contributed by atoms with van der Waals surface area (Å²) in [6.07, 6.45) is -0.294. The topological polar surface area (TPSA) is 45.6 Å². The average molecular weight is 412 g/mol. The van der Waals surface area contributed by atoms with Crippen molar-refractivity contribution in [1.82, 2.24) is 15.1 Å². The molecule has 0 bridgehead atoms. The highest BCUT2D eigenvalue weighted by atomic mass is 19.4. The lowest BCUT2D eigenvalue weighted by atomic mass is 10.0. The fraction of sp³-hybridized carbons (Fsp3) is 0.667. The van der Waals surface area contributed by atoms with E-state index in [1.54, 1.807) is 12.1 Å². The van der Waals surface area contributed by atoms with Gasteiger partial charge in [0.2, 0.25) is 0 Å². The van der Waals surface area contributed by atoms with Crippen molar-refractivity contribution in [3.05, 3.63) is 29.8 Å². The summed E-state index contributed by atoms with van der Waals surface area (Å²) in [6, 6.07) is 6.04. The lowest BCUT2D eigenvalue weighted by Crippen LogP contribution is -2.47. The van der Waals surface area contributed by atoms with Gasteiger partial charge in [0.25, 0.3) is 0 Å². The number of benzene rings is 1. The van der Waals surface area contributed by atoms with Crippen LogP contribution in [0.4, 0.5) is 18.9 Å². The highest BCUT2D eigenvalue weighted by molar-refractivity contribution is 5.79. The van der Waals surface area contributed by atoms with Crippen molar-refractivity contribution in [2.75, 3.05) is 57.8 Å². The van der Waals surface area contributed by atoms with Crippen LogP contribution in [-0.4, -0.2) is 74.5 Å². The molecule has 0 spiro atoms. The Hall–Kier alpha value is -1.80. The number of likely N-dealkylation sites (tertiary alicyclic amines) is 1. The van der Waals surface area contributed by atoms with Crippen LogP contribution in [0, 0.1) is 5.41 Å². The molecule has 2 aliphatic rings. The molecule has 2 aliphatic heterocycles. The Morgan fingerprint density at radius 2 is 1.66 bits per heavy atom. The van der Waals surface area contributed by atoms with Gasteiger partial charge >= 0.3 is 6.18 Å². The van der Waals surface area contributed by atoms with E-state index in [9.17, 15) is 13.2 Å². The van der Waals surface area contributed by atoms with Gasteiger partial charge in [-0.15, -0.1) is 0 Å². The number of amidine groups is 1. The van der Waals surface area contributed by atoms with Gasteiger partial charge < -0.3 is 15.1 Å². The van der Waals surface area contributed by atoms with Gasteiger partial charge in [-0.1, -0.05) is 0 Å². The maximum Gasteiger partial charge on any atom is 0.416 e. The summed E-state index contributed by atoms with van der Waals surface area (Å²) in [5.74, 6) is 0.753. The predicted octanol–water partition coefficient (Wildman–Crippen LogP) is 3.27. The van der Waals surface area contributed by atoms with Crippen LogP contribution in [-0.2, 0) is 6.18 Å². The Morgan fingerprint density at radius 3 is 2.21 bits per heavy atom. The molecule has 2 saturated heterocycles. The quantitative estimate of drug-likeness (QED) is 0.557. The third kappa shape index (κ3) is 6.09. The number of alkyl halides is 3. The largest absolute Gasteiger partial charge is 0.416 e. The second-order valence-electron chi connectivity index (χ2n) is 7.97. The zero-order chi connectivity index (χ0) is 20.9. The molecule has 1 aromatic rings. The fourth-order valence-electron chi connectivity index (χ4n) is 4.16. The second-order valence-corrected chi connectivity index (χ2v) is 7.97. The average Bonchev–Trinajstić information content (AvgIpc) is 2.74. The number of rotatable bonds is 6. The first-order valence-electron chi connectivity index (χ1n) is 10.5. The number of nitrogens with zero attached hydrogens (tertiary/aromatic N) is 3. The molecule has 0 radical (unpaired) electrons. The van der Waals surface area contributed by atoms with Gasteiger partial charge in [-0.3, -0.25) is 10.3 Å². The van der Waals surface area contributed by atoms with Crippen LogP contribution in [0.3, 0.4) is 0 Å². The lowest BCUT2D eigenvalue weighted by Gasteiger charge is -2.36. The van der Waals surface area contributed by atoms with Crippen LogP contribution in [0.2, 0.25) is 0 Å². The van der Waals surface area contributed by atoms with E-state index in [2.05, 4.69) is 20.0 Å². The van der Waals surface area contributed by atoms with E-state index in [0.717, 1.165) is 95.2 Å². The van der Waals surface area contributed by atoms with E-state index in [1.165, 1.54) is 0 Å². The van der Waals surface area contributed by atoms with E-state index >= 15 is 0 Å². The Balaban J connectivity index is 1.35. The monoisotopic (exact) mass is 411 g/mol. The van der Waals surface area contributed by atoms with Gasteiger partial charge in [-0.2, -0.15) is 13.2 Å². The molecule has 0 atom stereocenters. The lowest BCUT2D eigenvalue weighted by molar-refractivity contribution is -0.137. The molecule has 5 nitrogen and oxygen atoms in total. The number of hydrogen-bond acceptors (Lipinski definition) is 4. The van der Waals surface area contributed by atoms with Gasteiger partial charge in [0, 0.05) is 57.4 Å². The van der Waals surface area contributed by atoms with E-state index in [-0.39, 0.29) is 0 Å². The normalized spacial score (nSPS) is 19.6. The molecule has 2 N–H and O–H groups in total. The summed E-state index contributed by atoms with van der Waals surface area (Å²) in [4.78, 5) is 6.74. The summed E-state index contributed by atoms with van der Waals surface area (Å²) >= 11 is 0. The molecular weight excluding hydrogens is 379 g/mol. The minimum atomic E-state index is -4.28. The van der Waals surface area contributed by atoms with Crippen molar-refractivity contribution in [3.63, 3.8) is 0 Å². The number of anilines is 1. The van der Waals surface area contributed by atoms with Crippen molar-refractivity contribution >= 4 is 11.5 Å². The molecule has 0 unspecified atom stereocenters. The van der Waals surface area contributed by atoms with Crippen molar-refractivity contribution in [3.8, 4) is 0 Å². The molecule has 2 heterocycles. The van der Waals surface area contributed by atoms with Crippen molar-refractivity contribution < 1.29 is 13.2 Å². The van der Waals surface area contributed by atoms with Crippen LogP contribution < -0.4 is 10.2 Å². The highest BCUT2D eigenvalue weighted by Crippen LogP contribution is 2.30. The Labute approximate surface area is 171 Å². The molecule has 8 heteroatoms. The summed E-state index contributed by atoms with van der Waals surface area (Å²) in [5.41, 5.74) is 0.252. The third-order valence-electron chi connectivity index (χ3n) is 6.10. The Morgan fingerprint density at radius 1 is 1.03 bits per heavy atom. The molecule has 0 saturated carbocycles. The van der Waals surface area contributed by atoms with Gasteiger partial charge in [-0.05, 0) is 57.1 Å². The Bertz CT molecular complexity index is 645. The molecule has 3 rings (SSSR count). The summed E-state index contributed by atoms with van der Waals surface area (Å²) in [6.45, 7) is 6.35. The van der Waals surface area contributed by atoms with E-state index in [1.807, 2.05) is 7.05 Å². The standard InChI is InChI=1S/C21H32F3N5/c1-26-18-8-11-29(12-9-18)20(25)3-2-10-27-13-15-28(16-14-27)19-6-4-17(5-7-19)21(22,23)24/h4-7,18,25-26H,2-3,8-16H2,1H3. The Kier molecular flexibility index (Phi) is 7.40. The van der Waals surface area contributed by atoms with E-state index in [0.29, 0.717) is 6.04 Å². The number of nitrogens with one attached hydrogen (secondary N) is 2. The maximum atomic E-state index is 12.7. The van der Waals surface area contributed by atoms with Crippen LogP contribution in [0.15, 0.2) is 24.3 Å². The number of piperidine rings is 1. The zero-order valence-corrected chi connectivity index (χ0v) is 17.1. The highest BCUT2D eigenvalue weighted by Gasteiger charge is 2.30. The molecule has 0 amide bonds. The summed E-state index contributed by atoms with van der Waals surface area (Å²) in [5, 5.41) is 11.6.